The molecule has 2 aliphatic heterocycles. The molecule has 0 aliphatic carbocycles. The van der Waals surface area contributed by atoms with E-state index >= 15 is 0 Å². The van der Waals surface area contributed by atoms with E-state index in [0.717, 1.165) is 12.8 Å². The zero-order valence-electron chi connectivity index (χ0n) is 11.1. The third-order valence-corrected chi connectivity index (χ3v) is 5.80. The molecule has 0 amide bonds. The van der Waals surface area contributed by atoms with Crippen LogP contribution in [0.3, 0.4) is 0 Å². The van der Waals surface area contributed by atoms with Gasteiger partial charge in [0.2, 0.25) is 0 Å². The van der Waals surface area contributed by atoms with Gasteiger partial charge in [-0.1, -0.05) is 12.5 Å². The molecular formula is C15H19FO2S. The average molecular weight is 282 g/mol. The molecule has 0 aromatic heterocycles. The smallest absolute Gasteiger partial charge is 0.133 e. The summed E-state index contributed by atoms with van der Waals surface area (Å²) in [6.07, 6.45) is 4.74. The number of hydrogen-bond acceptors (Lipinski definition) is 3. The number of aliphatic hydroxyl groups is 1. The summed E-state index contributed by atoms with van der Waals surface area (Å²) in [6, 6.07) is 4.76. The number of thioether (sulfide) groups is 1. The molecule has 0 saturated carbocycles. The summed E-state index contributed by atoms with van der Waals surface area (Å²) in [5.41, 5.74) is -0.716. The van der Waals surface area contributed by atoms with Crippen molar-refractivity contribution >= 4 is 11.8 Å². The van der Waals surface area contributed by atoms with Crippen LogP contribution < -0.4 is 4.74 Å². The van der Waals surface area contributed by atoms with Gasteiger partial charge in [0.25, 0.3) is 0 Å². The van der Waals surface area contributed by atoms with Crippen LogP contribution in [0, 0.1) is 5.82 Å². The SMILES string of the molecule is COc1cccc(F)c1C1(O)CC2CCCC(C1)S2. The van der Waals surface area contributed by atoms with Crippen LogP contribution in [0.5, 0.6) is 5.75 Å². The maximum atomic E-state index is 14.2. The summed E-state index contributed by atoms with van der Waals surface area (Å²) < 4.78 is 19.5. The molecule has 0 spiro atoms. The van der Waals surface area contributed by atoms with Gasteiger partial charge in [0.15, 0.2) is 0 Å². The molecule has 2 aliphatic rings. The van der Waals surface area contributed by atoms with Gasteiger partial charge in [-0.3, -0.25) is 0 Å². The second kappa shape index (κ2) is 4.98. The van der Waals surface area contributed by atoms with E-state index in [2.05, 4.69) is 0 Å². The van der Waals surface area contributed by atoms with Crippen molar-refractivity contribution in [2.24, 2.45) is 0 Å². The van der Waals surface area contributed by atoms with E-state index in [1.54, 1.807) is 12.1 Å². The minimum Gasteiger partial charge on any atom is -0.496 e. The Morgan fingerprint density at radius 1 is 1.32 bits per heavy atom. The summed E-state index contributed by atoms with van der Waals surface area (Å²) >= 11 is 1.97. The van der Waals surface area contributed by atoms with Crippen molar-refractivity contribution in [2.75, 3.05) is 7.11 Å². The van der Waals surface area contributed by atoms with Gasteiger partial charge in [0, 0.05) is 10.5 Å². The fourth-order valence-corrected chi connectivity index (χ4v) is 5.34. The largest absolute Gasteiger partial charge is 0.496 e. The van der Waals surface area contributed by atoms with E-state index in [-0.39, 0.29) is 5.82 Å². The quantitative estimate of drug-likeness (QED) is 0.900. The molecule has 4 heteroatoms. The molecule has 2 nitrogen and oxygen atoms in total. The minimum atomic E-state index is -1.07. The van der Waals surface area contributed by atoms with Gasteiger partial charge in [-0.25, -0.2) is 4.39 Å². The van der Waals surface area contributed by atoms with Crippen LogP contribution in [0.25, 0.3) is 0 Å². The molecule has 1 N–H and O–H groups in total. The summed E-state index contributed by atoms with van der Waals surface area (Å²) in [6.45, 7) is 0. The van der Waals surface area contributed by atoms with Crippen LogP contribution in [-0.4, -0.2) is 22.7 Å². The highest BCUT2D eigenvalue weighted by atomic mass is 32.2. The Balaban J connectivity index is 2.00. The number of hydrogen-bond donors (Lipinski definition) is 1. The zero-order chi connectivity index (χ0) is 13.5. The molecule has 3 rings (SSSR count). The van der Waals surface area contributed by atoms with Crippen molar-refractivity contribution in [2.45, 2.75) is 48.2 Å². The van der Waals surface area contributed by atoms with E-state index in [4.69, 9.17) is 4.74 Å². The van der Waals surface area contributed by atoms with Gasteiger partial charge in [-0.15, -0.1) is 0 Å². The van der Waals surface area contributed by atoms with Crippen LogP contribution in [0.15, 0.2) is 18.2 Å². The normalized spacial score (nSPS) is 34.1. The van der Waals surface area contributed by atoms with E-state index < -0.39 is 5.60 Å². The molecule has 2 saturated heterocycles. The summed E-state index contributed by atoms with van der Waals surface area (Å²) in [4.78, 5) is 0. The molecule has 0 radical (unpaired) electrons. The Bertz CT molecular complexity index is 465. The summed E-state index contributed by atoms with van der Waals surface area (Å²) in [5.74, 6) is 0.110. The summed E-state index contributed by atoms with van der Waals surface area (Å²) in [7, 11) is 1.53. The lowest BCUT2D eigenvalue weighted by Gasteiger charge is -2.44. The molecule has 104 valence electrons. The van der Waals surface area contributed by atoms with Crippen LogP contribution in [0.4, 0.5) is 4.39 Å². The van der Waals surface area contributed by atoms with Crippen LogP contribution in [0.1, 0.15) is 37.7 Å². The second-order valence-electron chi connectivity index (χ2n) is 5.57. The first kappa shape index (κ1) is 13.3. The van der Waals surface area contributed by atoms with Crippen molar-refractivity contribution in [3.8, 4) is 5.75 Å². The monoisotopic (exact) mass is 282 g/mol. The highest BCUT2D eigenvalue weighted by molar-refractivity contribution is 8.00. The van der Waals surface area contributed by atoms with Gasteiger partial charge in [-0.05, 0) is 37.8 Å². The lowest BCUT2D eigenvalue weighted by atomic mass is 9.80. The Labute approximate surface area is 117 Å². The number of fused-ring (bicyclic) bond motifs is 2. The molecule has 2 fully saturated rings. The van der Waals surface area contributed by atoms with Crippen molar-refractivity contribution in [3.63, 3.8) is 0 Å². The highest BCUT2D eigenvalue weighted by Gasteiger charge is 2.45. The van der Waals surface area contributed by atoms with E-state index in [1.807, 2.05) is 11.8 Å². The van der Waals surface area contributed by atoms with Crippen LogP contribution in [0.2, 0.25) is 0 Å². The van der Waals surface area contributed by atoms with Crippen LogP contribution >= 0.6 is 11.8 Å². The van der Waals surface area contributed by atoms with E-state index in [1.165, 1.54) is 19.6 Å². The van der Waals surface area contributed by atoms with E-state index in [9.17, 15) is 9.50 Å². The maximum Gasteiger partial charge on any atom is 0.133 e. The molecule has 19 heavy (non-hydrogen) atoms. The van der Waals surface area contributed by atoms with E-state index in [0.29, 0.717) is 34.7 Å². The van der Waals surface area contributed by atoms with Crippen molar-refractivity contribution in [3.05, 3.63) is 29.6 Å². The molecule has 2 bridgehead atoms. The Morgan fingerprint density at radius 2 is 2.00 bits per heavy atom. The molecule has 1 aromatic carbocycles. The third-order valence-electron chi connectivity index (χ3n) is 4.23. The van der Waals surface area contributed by atoms with Crippen LogP contribution in [-0.2, 0) is 5.60 Å². The first-order valence-corrected chi connectivity index (χ1v) is 7.77. The Morgan fingerprint density at radius 3 is 2.63 bits per heavy atom. The molecule has 2 unspecified atom stereocenters. The number of rotatable bonds is 2. The molecule has 2 heterocycles. The number of ether oxygens (including phenoxy) is 1. The Kier molecular flexibility index (Phi) is 3.48. The minimum absolute atomic E-state index is 0.355. The number of methoxy groups -OCH3 is 1. The first-order valence-electron chi connectivity index (χ1n) is 6.83. The van der Waals surface area contributed by atoms with Crippen molar-refractivity contribution < 1.29 is 14.2 Å². The van der Waals surface area contributed by atoms with Gasteiger partial charge in [0.05, 0.1) is 18.3 Å². The molecule has 2 atom stereocenters. The topological polar surface area (TPSA) is 29.5 Å². The van der Waals surface area contributed by atoms with Gasteiger partial charge in [-0.2, -0.15) is 11.8 Å². The summed E-state index contributed by atoms with van der Waals surface area (Å²) in [5, 5.41) is 11.9. The number of benzene rings is 1. The first-order chi connectivity index (χ1) is 9.12. The average Bonchev–Trinajstić information content (AvgIpc) is 2.37. The predicted octanol–water partition coefficient (Wildman–Crippen LogP) is 3.47. The predicted molar refractivity (Wildman–Crippen MR) is 75.1 cm³/mol. The fraction of sp³-hybridized carbons (Fsp3) is 0.600. The zero-order valence-corrected chi connectivity index (χ0v) is 11.9. The Hall–Kier alpha value is -0.740. The van der Waals surface area contributed by atoms with Crippen molar-refractivity contribution in [1.82, 2.24) is 0 Å². The standard InChI is InChI=1S/C15H19FO2S/c1-18-13-7-3-6-12(16)14(13)15(17)8-10-4-2-5-11(9-15)19-10/h3,6-7,10-11,17H,2,4-5,8-9H2,1H3. The van der Waals surface area contributed by atoms with Gasteiger partial charge in [0.1, 0.15) is 11.6 Å². The second-order valence-corrected chi connectivity index (χ2v) is 7.17. The molecule has 1 aromatic rings. The van der Waals surface area contributed by atoms with Gasteiger partial charge >= 0.3 is 0 Å². The lowest BCUT2D eigenvalue weighted by Crippen LogP contribution is -2.41. The molecular weight excluding hydrogens is 263 g/mol. The van der Waals surface area contributed by atoms with Gasteiger partial charge < -0.3 is 9.84 Å². The fourth-order valence-electron chi connectivity index (χ4n) is 3.45. The number of halogens is 1. The maximum absolute atomic E-state index is 14.2. The highest BCUT2D eigenvalue weighted by Crippen LogP contribution is 2.51. The lowest BCUT2D eigenvalue weighted by molar-refractivity contribution is 0.00280. The third kappa shape index (κ3) is 2.36. The van der Waals surface area contributed by atoms with Crippen molar-refractivity contribution in [1.29, 1.82) is 0 Å².